The summed E-state index contributed by atoms with van der Waals surface area (Å²) < 4.78 is 41.1. The normalized spacial score (nSPS) is 28.5. The number of amides is 1. The van der Waals surface area contributed by atoms with E-state index in [4.69, 9.17) is 21.1 Å². The van der Waals surface area contributed by atoms with Crippen LogP contribution in [0, 0.1) is 11.8 Å². The standard InChI is InChI=1S/C33H41ClN2O6S/c1-3-28-9-4-6-16-33(22-37,41-2)29-14-11-25(29)20-36-17-7-5-8-23-18-27(34)13-10-26(23)21-42-31-15-12-24(19-30(31)36)32(38)35-43(28,39)40/h6,10,12-13,15-16,18-19,22,25,28-29H,3-5,7-9,11,14,17,20-21H2,1-2H3,(H,35,38)/b16-6+/t25-,28+,29+,33-/m0/s1. The van der Waals surface area contributed by atoms with Crippen molar-refractivity contribution in [1.82, 2.24) is 4.72 Å². The number of fused-ring (bicyclic) bond motifs is 3. The number of nitrogens with one attached hydrogen (secondary N) is 1. The van der Waals surface area contributed by atoms with Crippen LogP contribution >= 0.6 is 11.6 Å². The molecule has 10 heteroatoms. The zero-order valence-electron chi connectivity index (χ0n) is 24.9. The third-order valence-electron chi connectivity index (χ3n) is 9.39. The van der Waals surface area contributed by atoms with Gasteiger partial charge in [0.2, 0.25) is 10.0 Å². The summed E-state index contributed by atoms with van der Waals surface area (Å²) in [5.74, 6) is 0.112. The first-order chi connectivity index (χ1) is 20.7. The van der Waals surface area contributed by atoms with Crippen LogP contribution in [-0.2, 0) is 32.6 Å². The molecular weight excluding hydrogens is 588 g/mol. The largest absolute Gasteiger partial charge is 0.487 e. The van der Waals surface area contributed by atoms with Gasteiger partial charge in [-0.1, -0.05) is 30.7 Å². The topological polar surface area (TPSA) is 102 Å². The van der Waals surface area contributed by atoms with Gasteiger partial charge in [-0.3, -0.25) is 9.59 Å². The number of hydrogen-bond donors (Lipinski definition) is 1. The van der Waals surface area contributed by atoms with E-state index in [0.717, 1.165) is 55.2 Å². The molecule has 43 heavy (non-hydrogen) atoms. The molecule has 2 aromatic rings. The van der Waals surface area contributed by atoms with Crippen molar-refractivity contribution in [2.45, 2.75) is 75.7 Å². The number of methoxy groups -OCH3 is 1. The molecule has 1 N–H and O–H groups in total. The molecule has 2 bridgehead atoms. The number of aryl methyl sites for hydroxylation is 1. The van der Waals surface area contributed by atoms with E-state index in [2.05, 4.69) is 9.62 Å². The van der Waals surface area contributed by atoms with Gasteiger partial charge in [0.1, 0.15) is 18.0 Å². The minimum absolute atomic E-state index is 0.0229. The Hall–Kier alpha value is -2.88. The van der Waals surface area contributed by atoms with Crippen molar-refractivity contribution in [3.63, 3.8) is 0 Å². The summed E-state index contributed by atoms with van der Waals surface area (Å²) in [5.41, 5.74) is 2.12. The molecule has 4 atom stereocenters. The molecule has 1 fully saturated rings. The second-order valence-electron chi connectivity index (χ2n) is 11.9. The second-order valence-corrected chi connectivity index (χ2v) is 14.3. The number of rotatable bonds is 3. The molecule has 3 aliphatic rings. The lowest BCUT2D eigenvalue weighted by Gasteiger charge is -2.47. The van der Waals surface area contributed by atoms with Gasteiger partial charge in [-0.25, -0.2) is 13.1 Å². The van der Waals surface area contributed by atoms with E-state index in [0.29, 0.717) is 49.7 Å². The van der Waals surface area contributed by atoms with Gasteiger partial charge in [0.05, 0.1) is 10.9 Å². The average molecular weight is 629 g/mol. The zero-order chi connectivity index (χ0) is 30.6. The first kappa shape index (κ1) is 31.5. The van der Waals surface area contributed by atoms with Gasteiger partial charge in [0.15, 0.2) is 6.29 Å². The lowest BCUT2D eigenvalue weighted by Crippen LogP contribution is -2.52. The SMILES string of the molecule is CC[C@@H]1CC/C=C/[C@@](C=O)(OC)[C@@H]2CC[C@H]2CN2CCCCc3cc(Cl)ccc3COc3ccc(cc32)C(=O)NS1(=O)=O. The van der Waals surface area contributed by atoms with Crippen LogP contribution in [0.1, 0.15) is 73.4 Å². The Kier molecular flexibility index (Phi) is 9.83. The maximum Gasteiger partial charge on any atom is 0.264 e. The smallest absolute Gasteiger partial charge is 0.264 e. The Morgan fingerprint density at radius 1 is 1.14 bits per heavy atom. The molecule has 8 nitrogen and oxygen atoms in total. The number of carbonyl (C=O) groups is 2. The molecular formula is C33H41ClN2O6S. The summed E-state index contributed by atoms with van der Waals surface area (Å²) in [6.07, 6.45) is 10.1. The molecule has 2 heterocycles. The van der Waals surface area contributed by atoms with E-state index in [1.54, 1.807) is 32.2 Å². The van der Waals surface area contributed by atoms with Crippen molar-refractivity contribution in [3.05, 3.63) is 70.3 Å². The maximum atomic E-state index is 13.4. The fraction of sp³-hybridized carbons (Fsp3) is 0.515. The summed E-state index contributed by atoms with van der Waals surface area (Å²) in [4.78, 5) is 28.1. The van der Waals surface area contributed by atoms with E-state index in [1.165, 1.54) is 0 Å². The van der Waals surface area contributed by atoms with Crippen molar-refractivity contribution in [2.24, 2.45) is 11.8 Å². The number of halogens is 1. The van der Waals surface area contributed by atoms with Crippen LogP contribution in [0.3, 0.4) is 0 Å². The van der Waals surface area contributed by atoms with Crippen LogP contribution in [0.4, 0.5) is 5.69 Å². The monoisotopic (exact) mass is 628 g/mol. The minimum Gasteiger partial charge on any atom is -0.487 e. The number of carbonyl (C=O) groups excluding carboxylic acids is 2. The van der Waals surface area contributed by atoms with E-state index in [1.807, 2.05) is 30.4 Å². The van der Waals surface area contributed by atoms with Crippen molar-refractivity contribution in [1.29, 1.82) is 0 Å². The molecule has 0 aromatic heterocycles. The molecule has 5 rings (SSSR count). The van der Waals surface area contributed by atoms with Crippen molar-refractivity contribution < 1.29 is 27.5 Å². The summed E-state index contributed by atoms with van der Waals surface area (Å²) >= 11 is 6.31. The molecule has 0 unspecified atom stereocenters. The van der Waals surface area contributed by atoms with Crippen LogP contribution in [0.2, 0.25) is 5.02 Å². The Morgan fingerprint density at radius 2 is 1.98 bits per heavy atom. The fourth-order valence-corrected chi connectivity index (χ4v) is 8.28. The number of anilines is 1. The summed E-state index contributed by atoms with van der Waals surface area (Å²) in [5, 5.41) is -0.0650. The van der Waals surface area contributed by atoms with Gasteiger partial charge in [0.25, 0.3) is 5.91 Å². The lowest BCUT2D eigenvalue weighted by atomic mass is 9.64. The van der Waals surface area contributed by atoms with Crippen LogP contribution in [-0.4, -0.2) is 51.7 Å². The van der Waals surface area contributed by atoms with Crippen LogP contribution in [0.25, 0.3) is 0 Å². The third-order valence-corrected chi connectivity index (χ3v) is 11.5. The number of hydrogen-bond acceptors (Lipinski definition) is 7. The molecule has 2 aliphatic heterocycles. The Morgan fingerprint density at radius 3 is 2.70 bits per heavy atom. The van der Waals surface area contributed by atoms with Crippen LogP contribution in [0.15, 0.2) is 48.6 Å². The van der Waals surface area contributed by atoms with Gasteiger partial charge in [-0.2, -0.15) is 0 Å². The van der Waals surface area contributed by atoms with Gasteiger partial charge in [-0.15, -0.1) is 0 Å². The van der Waals surface area contributed by atoms with Crippen LogP contribution < -0.4 is 14.4 Å². The van der Waals surface area contributed by atoms with E-state index in [9.17, 15) is 18.0 Å². The van der Waals surface area contributed by atoms with Gasteiger partial charge in [0, 0.05) is 36.7 Å². The van der Waals surface area contributed by atoms with Gasteiger partial charge in [-0.05, 0) is 105 Å². The summed E-state index contributed by atoms with van der Waals surface area (Å²) in [7, 11) is -2.37. The molecule has 1 saturated carbocycles. The first-order valence-electron chi connectivity index (χ1n) is 15.2. The van der Waals surface area contributed by atoms with Gasteiger partial charge < -0.3 is 14.4 Å². The summed E-state index contributed by atoms with van der Waals surface area (Å²) in [6.45, 7) is 3.48. The second kappa shape index (κ2) is 13.4. The summed E-state index contributed by atoms with van der Waals surface area (Å²) in [6, 6.07) is 11.0. The number of benzene rings is 2. The lowest BCUT2D eigenvalue weighted by molar-refractivity contribution is -0.135. The van der Waals surface area contributed by atoms with Gasteiger partial charge >= 0.3 is 0 Å². The van der Waals surface area contributed by atoms with Crippen molar-refractivity contribution in [2.75, 3.05) is 25.1 Å². The molecule has 1 amide bonds. The highest BCUT2D eigenvalue weighted by Crippen LogP contribution is 2.45. The third kappa shape index (κ3) is 6.79. The van der Waals surface area contributed by atoms with Crippen molar-refractivity contribution >= 4 is 39.5 Å². The highest BCUT2D eigenvalue weighted by atomic mass is 35.5. The number of nitrogens with zero attached hydrogens (tertiary/aromatic N) is 1. The Labute approximate surface area is 259 Å². The number of ether oxygens (including phenoxy) is 2. The highest BCUT2D eigenvalue weighted by molar-refractivity contribution is 7.90. The molecule has 1 aliphatic carbocycles. The quantitative estimate of drug-likeness (QED) is 0.336. The fourth-order valence-electron chi connectivity index (χ4n) is 6.66. The molecule has 232 valence electrons. The molecule has 0 saturated heterocycles. The van der Waals surface area contributed by atoms with E-state index in [-0.39, 0.29) is 17.4 Å². The molecule has 2 aromatic carbocycles. The van der Waals surface area contributed by atoms with Crippen molar-refractivity contribution in [3.8, 4) is 5.75 Å². The first-order valence-corrected chi connectivity index (χ1v) is 17.2. The average Bonchev–Trinajstić information content (AvgIpc) is 3.00. The number of sulfonamides is 1. The van der Waals surface area contributed by atoms with Crippen LogP contribution in [0.5, 0.6) is 5.75 Å². The zero-order valence-corrected chi connectivity index (χ0v) is 26.5. The Bertz CT molecular complexity index is 1480. The number of aldehydes is 1. The van der Waals surface area contributed by atoms with E-state index >= 15 is 0 Å². The molecule has 0 radical (unpaired) electrons. The Balaban J connectivity index is 1.58. The maximum absolute atomic E-state index is 13.4. The molecule has 0 spiro atoms. The predicted molar refractivity (Wildman–Crippen MR) is 168 cm³/mol. The minimum atomic E-state index is -3.94. The predicted octanol–water partition coefficient (Wildman–Crippen LogP) is 5.86. The number of allylic oxidation sites excluding steroid dienone is 1. The van der Waals surface area contributed by atoms with E-state index < -0.39 is 26.8 Å². The highest BCUT2D eigenvalue weighted by Gasteiger charge is 2.47.